The van der Waals surface area contributed by atoms with Gasteiger partial charge in [-0.3, -0.25) is 9.59 Å². The van der Waals surface area contributed by atoms with Gasteiger partial charge in [-0.2, -0.15) is 0 Å². The highest BCUT2D eigenvalue weighted by Gasteiger charge is 2.19. The largest absolute Gasteiger partial charge is 0.481 e. The van der Waals surface area contributed by atoms with Gasteiger partial charge in [0.1, 0.15) is 0 Å². The standard InChI is InChI=1S/C7H13NO3S/c1-3-12-5(4-6(9)10)7(11)8-2/h5H,3-4H2,1-2H3,(H,8,11)(H,9,10). The third-order valence-corrected chi connectivity index (χ3v) is 2.38. The van der Waals surface area contributed by atoms with E-state index in [0.717, 1.165) is 5.75 Å². The molecule has 0 saturated carbocycles. The van der Waals surface area contributed by atoms with E-state index < -0.39 is 11.2 Å². The van der Waals surface area contributed by atoms with Crippen LogP contribution in [-0.2, 0) is 9.59 Å². The third kappa shape index (κ3) is 4.23. The van der Waals surface area contributed by atoms with E-state index >= 15 is 0 Å². The number of carboxylic acids is 1. The molecule has 70 valence electrons. The maximum atomic E-state index is 11.0. The number of thioether (sulfide) groups is 1. The second-order valence-electron chi connectivity index (χ2n) is 2.16. The van der Waals surface area contributed by atoms with Gasteiger partial charge in [0.2, 0.25) is 5.91 Å². The van der Waals surface area contributed by atoms with E-state index in [2.05, 4.69) is 5.32 Å². The first-order chi connectivity index (χ1) is 5.61. The molecule has 1 unspecified atom stereocenters. The van der Waals surface area contributed by atoms with Gasteiger partial charge in [0, 0.05) is 7.05 Å². The number of rotatable bonds is 5. The highest BCUT2D eigenvalue weighted by molar-refractivity contribution is 8.00. The molecular weight excluding hydrogens is 178 g/mol. The highest BCUT2D eigenvalue weighted by Crippen LogP contribution is 2.14. The number of hydrogen-bond acceptors (Lipinski definition) is 3. The lowest BCUT2D eigenvalue weighted by atomic mass is 10.3. The first-order valence-corrected chi connectivity index (χ1v) is 4.71. The summed E-state index contributed by atoms with van der Waals surface area (Å²) in [5, 5.41) is 10.4. The Kier molecular flexibility index (Phi) is 5.53. The molecule has 1 atom stereocenters. The molecule has 0 bridgehead atoms. The van der Waals surface area contributed by atoms with Crippen LogP contribution < -0.4 is 5.32 Å². The summed E-state index contributed by atoms with van der Waals surface area (Å²) in [5.41, 5.74) is 0. The van der Waals surface area contributed by atoms with Crippen LogP contribution in [0.15, 0.2) is 0 Å². The van der Waals surface area contributed by atoms with Crippen molar-refractivity contribution in [1.29, 1.82) is 0 Å². The van der Waals surface area contributed by atoms with Crippen molar-refractivity contribution in [2.24, 2.45) is 0 Å². The Morgan fingerprint density at radius 1 is 1.58 bits per heavy atom. The van der Waals surface area contributed by atoms with Crippen molar-refractivity contribution in [1.82, 2.24) is 5.32 Å². The molecule has 0 spiro atoms. The van der Waals surface area contributed by atoms with Crippen molar-refractivity contribution in [2.75, 3.05) is 12.8 Å². The van der Waals surface area contributed by atoms with E-state index in [1.54, 1.807) is 0 Å². The maximum Gasteiger partial charge on any atom is 0.305 e. The van der Waals surface area contributed by atoms with Gasteiger partial charge in [-0.25, -0.2) is 0 Å². The van der Waals surface area contributed by atoms with Gasteiger partial charge >= 0.3 is 5.97 Å². The smallest absolute Gasteiger partial charge is 0.305 e. The molecule has 0 rings (SSSR count). The highest BCUT2D eigenvalue weighted by atomic mass is 32.2. The Morgan fingerprint density at radius 2 is 2.17 bits per heavy atom. The van der Waals surface area contributed by atoms with Crippen molar-refractivity contribution in [3.63, 3.8) is 0 Å². The van der Waals surface area contributed by atoms with Crippen molar-refractivity contribution in [3.05, 3.63) is 0 Å². The van der Waals surface area contributed by atoms with E-state index in [9.17, 15) is 9.59 Å². The molecule has 0 aromatic carbocycles. The molecule has 0 aromatic rings. The molecule has 0 radical (unpaired) electrons. The number of carboxylic acid groups (broad SMARTS) is 1. The van der Waals surface area contributed by atoms with Crippen LogP contribution in [0.25, 0.3) is 0 Å². The minimum Gasteiger partial charge on any atom is -0.481 e. The summed E-state index contributed by atoms with van der Waals surface area (Å²) in [6, 6.07) is 0. The Labute approximate surface area is 75.7 Å². The number of nitrogens with one attached hydrogen (secondary N) is 1. The van der Waals surface area contributed by atoms with Crippen molar-refractivity contribution < 1.29 is 14.7 Å². The zero-order valence-electron chi connectivity index (χ0n) is 7.16. The molecule has 0 aliphatic rings. The first kappa shape index (κ1) is 11.3. The Balaban J connectivity index is 4.02. The quantitative estimate of drug-likeness (QED) is 0.657. The monoisotopic (exact) mass is 191 g/mol. The molecule has 0 aliphatic carbocycles. The van der Waals surface area contributed by atoms with Crippen LogP contribution >= 0.6 is 11.8 Å². The van der Waals surface area contributed by atoms with E-state index in [0.29, 0.717) is 0 Å². The van der Waals surface area contributed by atoms with Crippen LogP contribution in [0.2, 0.25) is 0 Å². The lowest BCUT2D eigenvalue weighted by Gasteiger charge is -2.10. The van der Waals surface area contributed by atoms with Gasteiger partial charge in [0.05, 0.1) is 11.7 Å². The molecular formula is C7H13NO3S. The summed E-state index contributed by atoms with van der Waals surface area (Å²) in [7, 11) is 1.51. The van der Waals surface area contributed by atoms with Crippen LogP contribution in [-0.4, -0.2) is 35.0 Å². The molecule has 12 heavy (non-hydrogen) atoms. The summed E-state index contributed by atoms with van der Waals surface area (Å²) in [6.45, 7) is 1.89. The van der Waals surface area contributed by atoms with Crippen LogP contribution in [0.3, 0.4) is 0 Å². The summed E-state index contributed by atoms with van der Waals surface area (Å²) in [5.74, 6) is -0.417. The van der Waals surface area contributed by atoms with Crippen molar-refractivity contribution in [3.8, 4) is 0 Å². The molecule has 0 saturated heterocycles. The lowest BCUT2D eigenvalue weighted by Crippen LogP contribution is -2.31. The topological polar surface area (TPSA) is 66.4 Å². The Bertz CT molecular complexity index is 172. The fourth-order valence-electron chi connectivity index (χ4n) is 0.748. The van der Waals surface area contributed by atoms with Gasteiger partial charge in [0.25, 0.3) is 0 Å². The zero-order chi connectivity index (χ0) is 9.56. The fraction of sp³-hybridized carbons (Fsp3) is 0.714. The molecule has 0 aromatic heterocycles. The second-order valence-corrected chi connectivity index (χ2v) is 3.64. The number of hydrogen-bond donors (Lipinski definition) is 2. The summed E-state index contributed by atoms with van der Waals surface area (Å²) >= 11 is 1.34. The predicted molar refractivity (Wildman–Crippen MR) is 48.2 cm³/mol. The maximum absolute atomic E-state index is 11.0. The van der Waals surface area contributed by atoms with Crippen molar-refractivity contribution in [2.45, 2.75) is 18.6 Å². The summed E-state index contributed by atoms with van der Waals surface area (Å²) in [6.07, 6.45) is -0.113. The number of carbonyl (C=O) groups excluding carboxylic acids is 1. The molecule has 0 aliphatic heterocycles. The van der Waals surface area contributed by atoms with E-state index in [-0.39, 0.29) is 12.3 Å². The van der Waals surface area contributed by atoms with Crippen LogP contribution in [0.1, 0.15) is 13.3 Å². The van der Waals surface area contributed by atoms with Gasteiger partial charge < -0.3 is 10.4 Å². The van der Waals surface area contributed by atoms with E-state index in [1.807, 2.05) is 6.92 Å². The Morgan fingerprint density at radius 3 is 2.50 bits per heavy atom. The normalized spacial score (nSPS) is 12.2. The average Bonchev–Trinajstić information content (AvgIpc) is 2.01. The van der Waals surface area contributed by atoms with E-state index in [4.69, 9.17) is 5.11 Å². The van der Waals surface area contributed by atoms with E-state index in [1.165, 1.54) is 18.8 Å². The van der Waals surface area contributed by atoms with Gasteiger partial charge in [0.15, 0.2) is 0 Å². The SMILES string of the molecule is CCSC(CC(=O)O)C(=O)NC. The lowest BCUT2D eigenvalue weighted by molar-refractivity contribution is -0.138. The molecule has 0 fully saturated rings. The van der Waals surface area contributed by atoms with Crippen molar-refractivity contribution >= 4 is 23.6 Å². The summed E-state index contributed by atoms with van der Waals surface area (Å²) in [4.78, 5) is 21.4. The molecule has 1 amide bonds. The number of amides is 1. The van der Waals surface area contributed by atoms with Gasteiger partial charge in [-0.15, -0.1) is 11.8 Å². The summed E-state index contributed by atoms with van der Waals surface area (Å²) < 4.78 is 0. The van der Waals surface area contributed by atoms with Crippen LogP contribution in [0, 0.1) is 0 Å². The molecule has 4 nitrogen and oxygen atoms in total. The first-order valence-electron chi connectivity index (χ1n) is 3.66. The predicted octanol–water partition coefficient (Wildman–Crippen LogP) is 0.329. The van der Waals surface area contributed by atoms with Gasteiger partial charge in [-0.05, 0) is 5.75 Å². The number of aliphatic carboxylic acids is 1. The number of carbonyl (C=O) groups is 2. The Hall–Kier alpha value is -0.710. The molecule has 5 heteroatoms. The average molecular weight is 191 g/mol. The minimum absolute atomic E-state index is 0.113. The fourth-order valence-corrected chi connectivity index (χ4v) is 1.68. The van der Waals surface area contributed by atoms with Gasteiger partial charge in [-0.1, -0.05) is 6.92 Å². The molecule has 2 N–H and O–H groups in total. The second kappa shape index (κ2) is 5.88. The minimum atomic E-state index is -0.940. The van der Waals surface area contributed by atoms with Crippen LogP contribution in [0.5, 0.6) is 0 Å². The third-order valence-electron chi connectivity index (χ3n) is 1.27. The molecule has 0 heterocycles. The zero-order valence-corrected chi connectivity index (χ0v) is 7.98. The van der Waals surface area contributed by atoms with Crippen LogP contribution in [0.4, 0.5) is 0 Å².